The van der Waals surface area contributed by atoms with Gasteiger partial charge in [-0.3, -0.25) is 4.98 Å². The molecular weight excluding hydrogens is 246 g/mol. The molecule has 0 amide bonds. The lowest BCUT2D eigenvalue weighted by Gasteiger charge is -2.25. The van der Waals surface area contributed by atoms with Crippen LogP contribution in [0.4, 0.5) is 5.69 Å². The number of nitrogens with one attached hydrogen (secondary N) is 1. The topological polar surface area (TPSA) is 28.2 Å². The number of pyridine rings is 1. The van der Waals surface area contributed by atoms with E-state index in [1.165, 1.54) is 11.3 Å². The fraction of sp³-hybridized carbons (Fsp3) is 0.353. The van der Waals surface area contributed by atoms with Gasteiger partial charge in [0.05, 0.1) is 5.69 Å². The highest BCUT2D eigenvalue weighted by atomic mass is 15.2. The fourth-order valence-corrected chi connectivity index (χ4v) is 2.89. The smallest absolute Gasteiger partial charge is 0.0541 e. The summed E-state index contributed by atoms with van der Waals surface area (Å²) in [5, 5.41) is 3.48. The van der Waals surface area contributed by atoms with Gasteiger partial charge in [-0.05, 0) is 37.1 Å². The Labute approximate surface area is 120 Å². The molecule has 1 unspecified atom stereocenters. The second-order valence-electron chi connectivity index (χ2n) is 5.37. The lowest BCUT2D eigenvalue weighted by molar-refractivity contribution is 0.613. The summed E-state index contributed by atoms with van der Waals surface area (Å²) in [4.78, 5) is 6.82. The number of hydrogen-bond donors (Lipinski definition) is 1. The van der Waals surface area contributed by atoms with Gasteiger partial charge in [0.2, 0.25) is 0 Å². The van der Waals surface area contributed by atoms with E-state index in [1.807, 2.05) is 18.3 Å². The molecule has 2 aromatic rings. The minimum absolute atomic E-state index is 0.601. The highest BCUT2D eigenvalue weighted by Crippen LogP contribution is 2.31. The van der Waals surface area contributed by atoms with Gasteiger partial charge in [-0.1, -0.05) is 24.3 Å². The second-order valence-corrected chi connectivity index (χ2v) is 5.37. The number of para-hydroxylation sites is 1. The minimum Gasteiger partial charge on any atom is -0.367 e. The van der Waals surface area contributed by atoms with E-state index in [1.54, 1.807) is 0 Å². The van der Waals surface area contributed by atoms with Gasteiger partial charge < -0.3 is 10.2 Å². The summed E-state index contributed by atoms with van der Waals surface area (Å²) in [7, 11) is 0. The van der Waals surface area contributed by atoms with E-state index in [0.717, 1.165) is 31.7 Å². The number of anilines is 1. The van der Waals surface area contributed by atoms with Gasteiger partial charge in [0.1, 0.15) is 0 Å². The van der Waals surface area contributed by atoms with Crippen LogP contribution in [0, 0.1) is 0 Å². The predicted octanol–water partition coefficient (Wildman–Crippen LogP) is 2.62. The van der Waals surface area contributed by atoms with Gasteiger partial charge in [-0.2, -0.15) is 0 Å². The van der Waals surface area contributed by atoms with Crippen LogP contribution in [0.2, 0.25) is 0 Å². The standard InChI is InChI=1S/C17H21N3/c1-14-12-15-6-2-3-8-17(15)20(14)11-10-18-13-16-7-4-5-9-19-16/h2-9,14,18H,10-13H2,1H3. The molecule has 0 saturated heterocycles. The summed E-state index contributed by atoms with van der Waals surface area (Å²) in [6, 6.07) is 15.4. The number of hydrogen-bond acceptors (Lipinski definition) is 3. The Kier molecular flexibility index (Phi) is 3.97. The van der Waals surface area contributed by atoms with Crippen molar-refractivity contribution in [3.8, 4) is 0 Å². The highest BCUT2D eigenvalue weighted by molar-refractivity contribution is 5.59. The lowest BCUT2D eigenvalue weighted by Crippen LogP contribution is -2.35. The molecule has 1 atom stereocenters. The Morgan fingerprint density at radius 3 is 2.90 bits per heavy atom. The third-order valence-corrected chi connectivity index (χ3v) is 3.91. The minimum atomic E-state index is 0.601. The van der Waals surface area contributed by atoms with Crippen molar-refractivity contribution < 1.29 is 0 Å². The Morgan fingerprint density at radius 2 is 2.05 bits per heavy atom. The maximum absolute atomic E-state index is 4.32. The summed E-state index contributed by atoms with van der Waals surface area (Å²) in [5.74, 6) is 0. The average molecular weight is 267 g/mol. The molecule has 0 spiro atoms. The number of fused-ring (bicyclic) bond motifs is 1. The van der Waals surface area contributed by atoms with E-state index in [-0.39, 0.29) is 0 Å². The maximum atomic E-state index is 4.32. The van der Waals surface area contributed by atoms with Crippen molar-refractivity contribution in [2.45, 2.75) is 25.9 Å². The van der Waals surface area contributed by atoms with E-state index in [0.29, 0.717) is 6.04 Å². The zero-order chi connectivity index (χ0) is 13.8. The van der Waals surface area contributed by atoms with Crippen LogP contribution in [0.3, 0.4) is 0 Å². The Balaban J connectivity index is 1.52. The van der Waals surface area contributed by atoms with Crippen LogP contribution in [0.1, 0.15) is 18.2 Å². The quantitative estimate of drug-likeness (QED) is 0.844. The molecule has 2 heterocycles. The fourth-order valence-electron chi connectivity index (χ4n) is 2.89. The molecule has 1 N–H and O–H groups in total. The van der Waals surface area contributed by atoms with Gasteiger partial charge in [0.15, 0.2) is 0 Å². The molecule has 3 rings (SSSR count). The van der Waals surface area contributed by atoms with Crippen LogP contribution in [-0.2, 0) is 13.0 Å². The average Bonchev–Trinajstić information content (AvgIpc) is 2.80. The van der Waals surface area contributed by atoms with E-state index >= 15 is 0 Å². The Bertz CT molecular complexity index is 553. The van der Waals surface area contributed by atoms with Crippen molar-refractivity contribution in [2.24, 2.45) is 0 Å². The van der Waals surface area contributed by atoms with Crippen molar-refractivity contribution in [2.75, 3.05) is 18.0 Å². The SMILES string of the molecule is CC1Cc2ccccc2N1CCNCc1ccccn1. The molecule has 3 heteroatoms. The first-order valence-corrected chi connectivity index (χ1v) is 7.30. The summed E-state index contributed by atoms with van der Waals surface area (Å²) in [5.41, 5.74) is 3.98. The summed E-state index contributed by atoms with van der Waals surface area (Å²) >= 11 is 0. The van der Waals surface area contributed by atoms with Gasteiger partial charge in [0, 0.05) is 37.6 Å². The number of benzene rings is 1. The second kappa shape index (κ2) is 6.06. The molecule has 1 aromatic heterocycles. The van der Waals surface area contributed by atoms with Crippen LogP contribution >= 0.6 is 0 Å². The zero-order valence-electron chi connectivity index (χ0n) is 11.9. The first-order valence-electron chi connectivity index (χ1n) is 7.30. The van der Waals surface area contributed by atoms with Crippen LogP contribution in [0.5, 0.6) is 0 Å². The van der Waals surface area contributed by atoms with Crippen LogP contribution < -0.4 is 10.2 Å². The van der Waals surface area contributed by atoms with Crippen molar-refractivity contribution in [1.82, 2.24) is 10.3 Å². The Morgan fingerprint density at radius 1 is 1.20 bits per heavy atom. The van der Waals surface area contributed by atoms with Crippen LogP contribution in [0.25, 0.3) is 0 Å². The molecule has 0 saturated carbocycles. The van der Waals surface area contributed by atoms with E-state index in [9.17, 15) is 0 Å². The Hall–Kier alpha value is -1.87. The number of aromatic nitrogens is 1. The maximum Gasteiger partial charge on any atom is 0.0541 e. The van der Waals surface area contributed by atoms with Crippen LogP contribution in [-0.4, -0.2) is 24.1 Å². The molecule has 1 aliphatic rings. The normalized spacial score (nSPS) is 17.2. The van der Waals surface area contributed by atoms with Crippen molar-refractivity contribution in [1.29, 1.82) is 0 Å². The predicted molar refractivity (Wildman–Crippen MR) is 82.9 cm³/mol. The summed E-state index contributed by atoms with van der Waals surface area (Å²) in [6.45, 7) is 5.17. The van der Waals surface area contributed by atoms with Gasteiger partial charge >= 0.3 is 0 Å². The number of nitrogens with zero attached hydrogens (tertiary/aromatic N) is 2. The van der Waals surface area contributed by atoms with E-state index in [2.05, 4.69) is 52.5 Å². The molecule has 0 bridgehead atoms. The van der Waals surface area contributed by atoms with Crippen molar-refractivity contribution >= 4 is 5.69 Å². The molecule has 1 aromatic carbocycles. The molecular formula is C17H21N3. The van der Waals surface area contributed by atoms with Gasteiger partial charge in [-0.15, -0.1) is 0 Å². The third kappa shape index (κ3) is 2.83. The van der Waals surface area contributed by atoms with Gasteiger partial charge in [-0.25, -0.2) is 0 Å². The van der Waals surface area contributed by atoms with Crippen molar-refractivity contribution in [3.63, 3.8) is 0 Å². The molecule has 104 valence electrons. The first-order chi connectivity index (χ1) is 9.84. The van der Waals surface area contributed by atoms with Crippen LogP contribution in [0.15, 0.2) is 48.7 Å². The number of rotatable bonds is 5. The zero-order valence-corrected chi connectivity index (χ0v) is 11.9. The molecule has 0 fully saturated rings. The molecule has 0 radical (unpaired) electrons. The molecule has 3 nitrogen and oxygen atoms in total. The largest absolute Gasteiger partial charge is 0.367 e. The molecule has 1 aliphatic heterocycles. The molecule has 20 heavy (non-hydrogen) atoms. The third-order valence-electron chi connectivity index (χ3n) is 3.91. The van der Waals surface area contributed by atoms with E-state index in [4.69, 9.17) is 0 Å². The summed E-state index contributed by atoms with van der Waals surface area (Å²) < 4.78 is 0. The van der Waals surface area contributed by atoms with Gasteiger partial charge in [0.25, 0.3) is 0 Å². The highest BCUT2D eigenvalue weighted by Gasteiger charge is 2.24. The monoisotopic (exact) mass is 267 g/mol. The summed E-state index contributed by atoms with van der Waals surface area (Å²) in [6.07, 6.45) is 3.01. The van der Waals surface area contributed by atoms with E-state index < -0.39 is 0 Å². The lowest BCUT2D eigenvalue weighted by atomic mass is 10.1. The molecule has 0 aliphatic carbocycles. The van der Waals surface area contributed by atoms with Crippen molar-refractivity contribution in [3.05, 3.63) is 59.9 Å². The first kappa shape index (κ1) is 13.1.